The quantitative estimate of drug-likeness (QED) is 0.627. The molecule has 2 aromatic carbocycles. The number of rotatable bonds is 4. The molecule has 6 nitrogen and oxygen atoms in total. The topological polar surface area (TPSA) is 64.4 Å². The summed E-state index contributed by atoms with van der Waals surface area (Å²) in [6.07, 6.45) is 3.26. The highest BCUT2D eigenvalue weighted by atomic mass is 16.5. The first-order chi connectivity index (χ1) is 14.1. The lowest BCUT2D eigenvalue weighted by Crippen LogP contribution is -2.35. The van der Waals surface area contributed by atoms with Crippen LogP contribution in [0.4, 0.5) is 0 Å². The first-order valence-electron chi connectivity index (χ1n) is 10.1. The first-order valence-corrected chi connectivity index (χ1v) is 10.1. The summed E-state index contributed by atoms with van der Waals surface area (Å²) in [5.41, 5.74) is 3.90. The fourth-order valence-corrected chi connectivity index (χ4v) is 3.85. The molecular weight excluding hydrogens is 366 g/mol. The SMILES string of the molecule is CCOC(=O)c1nc2cc(C(=O)N3CCCCC3)ccc2n1-c1cccc(C)c1. The molecule has 1 aromatic heterocycles. The Bertz CT molecular complexity index is 1060. The second-order valence-corrected chi connectivity index (χ2v) is 7.39. The van der Waals surface area contributed by atoms with Crippen molar-refractivity contribution in [1.29, 1.82) is 0 Å². The van der Waals surface area contributed by atoms with Gasteiger partial charge < -0.3 is 9.64 Å². The van der Waals surface area contributed by atoms with E-state index in [-0.39, 0.29) is 18.3 Å². The molecule has 150 valence electrons. The molecule has 2 heterocycles. The van der Waals surface area contributed by atoms with E-state index in [4.69, 9.17) is 4.74 Å². The van der Waals surface area contributed by atoms with Crippen LogP contribution in [-0.4, -0.2) is 46.0 Å². The summed E-state index contributed by atoms with van der Waals surface area (Å²) in [4.78, 5) is 31.9. The summed E-state index contributed by atoms with van der Waals surface area (Å²) in [6.45, 7) is 5.63. The number of carbonyl (C=O) groups is 2. The van der Waals surface area contributed by atoms with Crippen molar-refractivity contribution < 1.29 is 14.3 Å². The van der Waals surface area contributed by atoms with Crippen molar-refractivity contribution in [2.45, 2.75) is 33.1 Å². The van der Waals surface area contributed by atoms with Crippen molar-refractivity contribution in [3.8, 4) is 5.69 Å². The Morgan fingerprint density at radius 2 is 1.86 bits per heavy atom. The maximum atomic E-state index is 12.9. The number of carbonyl (C=O) groups excluding carboxylic acids is 2. The molecule has 0 aliphatic carbocycles. The molecule has 0 bridgehead atoms. The number of amides is 1. The van der Waals surface area contributed by atoms with Crippen molar-refractivity contribution >= 4 is 22.9 Å². The second kappa shape index (κ2) is 8.07. The van der Waals surface area contributed by atoms with Crippen LogP contribution in [0.5, 0.6) is 0 Å². The Kier molecular flexibility index (Phi) is 5.34. The fourth-order valence-electron chi connectivity index (χ4n) is 3.85. The van der Waals surface area contributed by atoms with E-state index in [0.29, 0.717) is 11.1 Å². The number of imidazole rings is 1. The third kappa shape index (κ3) is 3.75. The molecule has 0 atom stereocenters. The van der Waals surface area contributed by atoms with Crippen molar-refractivity contribution in [2.24, 2.45) is 0 Å². The molecule has 0 N–H and O–H groups in total. The van der Waals surface area contributed by atoms with Gasteiger partial charge in [-0.25, -0.2) is 9.78 Å². The van der Waals surface area contributed by atoms with Crippen molar-refractivity contribution in [2.75, 3.05) is 19.7 Å². The Balaban J connectivity index is 1.81. The summed E-state index contributed by atoms with van der Waals surface area (Å²) in [6, 6.07) is 13.3. The van der Waals surface area contributed by atoms with Crippen LogP contribution in [0.2, 0.25) is 0 Å². The fraction of sp³-hybridized carbons (Fsp3) is 0.348. The number of piperidine rings is 1. The van der Waals surface area contributed by atoms with Gasteiger partial charge in [0, 0.05) is 24.3 Å². The lowest BCUT2D eigenvalue weighted by molar-refractivity contribution is 0.0510. The van der Waals surface area contributed by atoms with E-state index in [1.807, 2.05) is 48.2 Å². The Hall–Kier alpha value is -3.15. The van der Waals surface area contributed by atoms with Crippen LogP contribution in [0, 0.1) is 6.92 Å². The van der Waals surface area contributed by atoms with Gasteiger partial charge in [0.2, 0.25) is 5.82 Å². The number of hydrogen-bond acceptors (Lipinski definition) is 4. The Labute approximate surface area is 170 Å². The van der Waals surface area contributed by atoms with Gasteiger partial charge in [0.05, 0.1) is 17.6 Å². The lowest BCUT2D eigenvalue weighted by atomic mass is 10.1. The predicted molar refractivity (Wildman–Crippen MR) is 112 cm³/mol. The molecule has 0 spiro atoms. The number of aromatic nitrogens is 2. The van der Waals surface area contributed by atoms with Crippen molar-refractivity contribution in [3.63, 3.8) is 0 Å². The number of likely N-dealkylation sites (tertiary alicyclic amines) is 1. The minimum atomic E-state index is -0.478. The minimum absolute atomic E-state index is 0.0226. The number of benzene rings is 2. The molecular formula is C23H25N3O3. The van der Waals surface area contributed by atoms with Crippen LogP contribution in [0.1, 0.15) is 52.7 Å². The van der Waals surface area contributed by atoms with E-state index in [1.54, 1.807) is 17.6 Å². The number of hydrogen-bond donors (Lipinski definition) is 0. The van der Waals surface area contributed by atoms with E-state index in [2.05, 4.69) is 4.98 Å². The van der Waals surface area contributed by atoms with Gasteiger partial charge in [-0.05, 0) is 69.0 Å². The minimum Gasteiger partial charge on any atom is -0.460 e. The third-order valence-electron chi connectivity index (χ3n) is 5.26. The third-order valence-corrected chi connectivity index (χ3v) is 5.26. The Morgan fingerprint density at radius 1 is 1.07 bits per heavy atom. The van der Waals surface area contributed by atoms with E-state index >= 15 is 0 Å². The number of aryl methyl sites for hydroxylation is 1. The maximum absolute atomic E-state index is 12.9. The standard InChI is InChI=1S/C23H25N3O3/c1-3-29-23(28)21-24-19-15-17(22(27)25-12-5-4-6-13-25)10-11-20(19)26(21)18-9-7-8-16(2)14-18/h7-11,14-15H,3-6,12-13H2,1-2H3. The average molecular weight is 391 g/mol. The molecule has 1 aliphatic heterocycles. The highest BCUT2D eigenvalue weighted by molar-refractivity contribution is 5.99. The van der Waals surface area contributed by atoms with Crippen molar-refractivity contribution in [3.05, 3.63) is 59.4 Å². The van der Waals surface area contributed by atoms with Gasteiger partial charge in [0.15, 0.2) is 0 Å². The predicted octanol–water partition coefficient (Wildman–Crippen LogP) is 4.14. The van der Waals surface area contributed by atoms with Crippen LogP contribution in [0.15, 0.2) is 42.5 Å². The van der Waals surface area contributed by atoms with E-state index in [0.717, 1.165) is 42.7 Å². The molecule has 6 heteroatoms. The van der Waals surface area contributed by atoms with Crippen LogP contribution in [0.25, 0.3) is 16.7 Å². The van der Waals surface area contributed by atoms with Crippen LogP contribution >= 0.6 is 0 Å². The van der Waals surface area contributed by atoms with Gasteiger partial charge in [0.1, 0.15) is 0 Å². The largest absolute Gasteiger partial charge is 0.460 e. The number of ether oxygens (including phenoxy) is 1. The number of nitrogens with zero attached hydrogens (tertiary/aromatic N) is 3. The molecule has 3 aromatic rings. The summed E-state index contributed by atoms with van der Waals surface area (Å²) in [5.74, 6) is -0.237. The smallest absolute Gasteiger partial charge is 0.374 e. The number of esters is 1. The molecule has 4 rings (SSSR count). The normalized spacial score (nSPS) is 14.2. The van der Waals surface area contributed by atoms with Gasteiger partial charge in [-0.2, -0.15) is 0 Å². The maximum Gasteiger partial charge on any atom is 0.374 e. The molecule has 1 fully saturated rings. The van der Waals surface area contributed by atoms with Gasteiger partial charge in [-0.1, -0.05) is 12.1 Å². The first kappa shape index (κ1) is 19.2. The zero-order valence-electron chi connectivity index (χ0n) is 16.9. The van der Waals surface area contributed by atoms with Crippen LogP contribution < -0.4 is 0 Å². The van der Waals surface area contributed by atoms with Gasteiger partial charge in [-0.3, -0.25) is 9.36 Å². The van der Waals surface area contributed by atoms with Crippen molar-refractivity contribution in [1.82, 2.24) is 14.5 Å². The lowest BCUT2D eigenvalue weighted by Gasteiger charge is -2.26. The van der Waals surface area contributed by atoms with E-state index in [1.165, 1.54) is 6.42 Å². The number of fused-ring (bicyclic) bond motifs is 1. The molecule has 1 amide bonds. The second-order valence-electron chi connectivity index (χ2n) is 7.39. The summed E-state index contributed by atoms with van der Waals surface area (Å²) >= 11 is 0. The zero-order chi connectivity index (χ0) is 20.4. The van der Waals surface area contributed by atoms with Gasteiger partial charge in [0.25, 0.3) is 5.91 Å². The monoisotopic (exact) mass is 391 g/mol. The molecule has 0 saturated carbocycles. The summed E-state index contributed by atoms with van der Waals surface area (Å²) in [7, 11) is 0. The van der Waals surface area contributed by atoms with E-state index < -0.39 is 5.97 Å². The average Bonchev–Trinajstić information content (AvgIpc) is 3.13. The highest BCUT2D eigenvalue weighted by Gasteiger charge is 2.23. The molecule has 1 aliphatic rings. The van der Waals surface area contributed by atoms with Gasteiger partial charge in [-0.15, -0.1) is 0 Å². The molecule has 0 radical (unpaired) electrons. The highest BCUT2D eigenvalue weighted by Crippen LogP contribution is 2.25. The van der Waals surface area contributed by atoms with Crippen LogP contribution in [0.3, 0.4) is 0 Å². The summed E-state index contributed by atoms with van der Waals surface area (Å²) in [5, 5.41) is 0. The van der Waals surface area contributed by atoms with E-state index in [9.17, 15) is 9.59 Å². The van der Waals surface area contributed by atoms with Gasteiger partial charge >= 0.3 is 5.97 Å². The molecule has 1 saturated heterocycles. The molecule has 29 heavy (non-hydrogen) atoms. The van der Waals surface area contributed by atoms with Crippen LogP contribution in [-0.2, 0) is 4.74 Å². The molecule has 0 unspecified atom stereocenters. The zero-order valence-corrected chi connectivity index (χ0v) is 16.9. The summed E-state index contributed by atoms with van der Waals surface area (Å²) < 4.78 is 7.03. The Morgan fingerprint density at radius 3 is 2.59 bits per heavy atom.